The predicted octanol–water partition coefficient (Wildman–Crippen LogP) is 1.68. The first-order valence-corrected chi connectivity index (χ1v) is 11.2. The largest absolute Gasteiger partial charge is 0.496 e. The summed E-state index contributed by atoms with van der Waals surface area (Å²) in [6.45, 7) is 0. The third kappa shape index (κ3) is 5.58. The molecule has 0 radical (unpaired) electrons. The van der Waals surface area contributed by atoms with Gasteiger partial charge in [0.15, 0.2) is 0 Å². The number of halogens is 1. The number of primary sulfonamides is 1. The Morgan fingerprint density at radius 3 is 2.43 bits per heavy atom. The molecule has 2 aromatic carbocycles. The second-order valence-electron chi connectivity index (χ2n) is 5.69. The fraction of sp³-hybridized carbons (Fsp3) is 0.188. The van der Waals surface area contributed by atoms with Gasteiger partial charge in [-0.15, -0.1) is 0 Å². The minimum atomic E-state index is -4.37. The summed E-state index contributed by atoms with van der Waals surface area (Å²) in [4.78, 5) is 10.4. The molecule has 0 spiro atoms. The lowest BCUT2D eigenvalue weighted by atomic mass is 10.1. The van der Waals surface area contributed by atoms with Crippen LogP contribution >= 0.6 is 11.6 Å². The molecule has 0 fully saturated rings. The van der Waals surface area contributed by atoms with Crippen LogP contribution in [0.1, 0.15) is 15.9 Å². The summed E-state index contributed by atoms with van der Waals surface area (Å²) in [5.74, 6) is -1.36. The summed E-state index contributed by atoms with van der Waals surface area (Å²) in [5, 5.41) is 14.5. The van der Waals surface area contributed by atoms with Crippen molar-refractivity contribution < 1.29 is 31.5 Å². The highest BCUT2D eigenvalue weighted by Gasteiger charge is 2.21. The number of carboxylic acid groups (broad SMARTS) is 1. The number of nitrogens with two attached hydrogens (primary N) is 1. The van der Waals surface area contributed by atoms with E-state index in [1.54, 1.807) is 18.2 Å². The van der Waals surface area contributed by atoms with Gasteiger partial charge in [-0.2, -0.15) is 0 Å². The van der Waals surface area contributed by atoms with Crippen molar-refractivity contribution in [3.8, 4) is 5.75 Å². The van der Waals surface area contributed by atoms with Crippen LogP contribution in [-0.4, -0.2) is 40.8 Å². The number of carbonyl (C=O) groups is 1. The van der Waals surface area contributed by atoms with E-state index in [4.69, 9.17) is 26.6 Å². The van der Waals surface area contributed by atoms with E-state index in [1.807, 2.05) is 0 Å². The molecule has 0 amide bonds. The van der Waals surface area contributed by atoms with E-state index in [2.05, 4.69) is 4.72 Å². The SMILES string of the molecule is COc1cc(Cl)ccc1CCS(=O)(=O)Nc1ccc(C(=O)O)cc1S(N)(=O)=O. The molecule has 9 nitrogen and oxygen atoms in total. The molecule has 2 rings (SSSR count). The van der Waals surface area contributed by atoms with Crippen molar-refractivity contribution in [2.75, 3.05) is 17.6 Å². The van der Waals surface area contributed by atoms with E-state index in [1.165, 1.54) is 7.11 Å². The van der Waals surface area contributed by atoms with Gasteiger partial charge in [-0.25, -0.2) is 26.8 Å². The monoisotopic (exact) mass is 448 g/mol. The van der Waals surface area contributed by atoms with E-state index in [0.717, 1.165) is 18.2 Å². The van der Waals surface area contributed by atoms with Crippen LogP contribution in [0.4, 0.5) is 5.69 Å². The zero-order valence-corrected chi connectivity index (χ0v) is 16.9. The van der Waals surface area contributed by atoms with E-state index in [-0.39, 0.29) is 17.7 Å². The number of aromatic carboxylic acids is 1. The summed E-state index contributed by atoms with van der Waals surface area (Å²) in [6, 6.07) is 7.64. The summed E-state index contributed by atoms with van der Waals surface area (Å²) in [5.41, 5.74) is -0.0985. The zero-order chi connectivity index (χ0) is 21.1. The minimum Gasteiger partial charge on any atom is -0.496 e. The topological polar surface area (TPSA) is 153 Å². The molecular weight excluding hydrogens is 432 g/mol. The van der Waals surface area contributed by atoms with Gasteiger partial charge in [0.25, 0.3) is 0 Å². The molecule has 4 N–H and O–H groups in total. The Morgan fingerprint density at radius 2 is 1.86 bits per heavy atom. The van der Waals surface area contributed by atoms with Crippen LogP contribution in [0, 0.1) is 0 Å². The van der Waals surface area contributed by atoms with Gasteiger partial charge in [-0.1, -0.05) is 17.7 Å². The van der Waals surface area contributed by atoms with Crippen molar-refractivity contribution in [3.63, 3.8) is 0 Å². The Kier molecular flexibility index (Phi) is 6.55. The molecule has 28 heavy (non-hydrogen) atoms. The van der Waals surface area contributed by atoms with E-state index in [0.29, 0.717) is 16.3 Å². The molecule has 0 bridgehead atoms. The second kappa shape index (κ2) is 8.35. The van der Waals surface area contributed by atoms with Gasteiger partial charge in [0.2, 0.25) is 20.0 Å². The lowest BCUT2D eigenvalue weighted by Gasteiger charge is -2.13. The molecule has 0 atom stereocenters. The maximum Gasteiger partial charge on any atom is 0.335 e. The van der Waals surface area contributed by atoms with Crippen LogP contribution in [0.2, 0.25) is 5.02 Å². The lowest BCUT2D eigenvalue weighted by molar-refractivity contribution is 0.0696. The number of hydrogen-bond donors (Lipinski definition) is 3. The van der Waals surface area contributed by atoms with Crippen LogP contribution in [0.5, 0.6) is 5.75 Å². The number of nitrogens with one attached hydrogen (secondary N) is 1. The van der Waals surface area contributed by atoms with Gasteiger partial charge in [-0.05, 0) is 42.3 Å². The van der Waals surface area contributed by atoms with Crippen molar-refractivity contribution in [1.29, 1.82) is 0 Å². The molecule has 0 aliphatic heterocycles. The van der Waals surface area contributed by atoms with Gasteiger partial charge >= 0.3 is 5.97 Å². The summed E-state index contributed by atoms with van der Waals surface area (Å²) in [6.07, 6.45) is 0.0631. The highest BCUT2D eigenvalue weighted by Crippen LogP contribution is 2.26. The molecule has 12 heteroatoms. The van der Waals surface area contributed by atoms with E-state index in [9.17, 15) is 21.6 Å². The highest BCUT2D eigenvalue weighted by atomic mass is 35.5. The number of rotatable bonds is 8. The third-order valence-electron chi connectivity index (χ3n) is 3.69. The van der Waals surface area contributed by atoms with Gasteiger partial charge in [0.05, 0.1) is 24.1 Å². The molecular formula is C16H17ClN2O7S2. The summed E-state index contributed by atoms with van der Waals surface area (Å²) >= 11 is 5.87. The van der Waals surface area contributed by atoms with Crippen molar-refractivity contribution >= 4 is 43.3 Å². The van der Waals surface area contributed by atoms with Crippen molar-refractivity contribution in [3.05, 3.63) is 52.5 Å². The number of ether oxygens (including phenoxy) is 1. The molecule has 0 aliphatic rings. The van der Waals surface area contributed by atoms with Crippen LogP contribution in [0.3, 0.4) is 0 Å². The Balaban J connectivity index is 2.28. The number of hydrogen-bond acceptors (Lipinski definition) is 6. The molecule has 0 saturated heterocycles. The quantitative estimate of drug-likeness (QED) is 0.555. The normalized spacial score (nSPS) is 11.8. The zero-order valence-electron chi connectivity index (χ0n) is 14.5. The number of anilines is 1. The highest BCUT2D eigenvalue weighted by molar-refractivity contribution is 7.93. The Labute approximate surface area is 167 Å². The molecule has 2 aromatic rings. The summed E-state index contributed by atoms with van der Waals surface area (Å²) < 4.78 is 55.6. The molecule has 0 saturated carbocycles. The maximum absolute atomic E-state index is 12.4. The van der Waals surface area contributed by atoms with Gasteiger partial charge in [0.1, 0.15) is 10.6 Å². The predicted molar refractivity (Wildman–Crippen MR) is 104 cm³/mol. The van der Waals surface area contributed by atoms with Gasteiger partial charge in [0, 0.05) is 5.02 Å². The maximum atomic E-state index is 12.4. The van der Waals surface area contributed by atoms with Crippen molar-refractivity contribution in [1.82, 2.24) is 0 Å². The minimum absolute atomic E-state index is 0.0631. The number of carboxylic acids is 1. The first-order chi connectivity index (χ1) is 12.9. The van der Waals surface area contributed by atoms with Crippen LogP contribution in [-0.2, 0) is 26.5 Å². The summed E-state index contributed by atoms with van der Waals surface area (Å²) in [7, 11) is -6.94. The fourth-order valence-electron chi connectivity index (χ4n) is 2.36. The molecule has 0 aromatic heterocycles. The number of sulfonamides is 2. The average molecular weight is 449 g/mol. The smallest absolute Gasteiger partial charge is 0.335 e. The third-order valence-corrected chi connectivity index (χ3v) is 6.15. The lowest BCUT2D eigenvalue weighted by Crippen LogP contribution is -2.22. The van der Waals surface area contributed by atoms with Gasteiger partial charge in [-0.3, -0.25) is 4.72 Å². The molecule has 0 aliphatic carbocycles. The number of aryl methyl sites for hydroxylation is 1. The first-order valence-electron chi connectivity index (χ1n) is 7.66. The second-order valence-corrected chi connectivity index (χ2v) is 9.50. The Bertz CT molecular complexity index is 1120. The molecule has 0 unspecified atom stereocenters. The van der Waals surface area contributed by atoms with Gasteiger partial charge < -0.3 is 9.84 Å². The Hall–Kier alpha value is -2.34. The van der Waals surface area contributed by atoms with Crippen LogP contribution in [0.25, 0.3) is 0 Å². The van der Waals surface area contributed by atoms with Crippen molar-refractivity contribution in [2.24, 2.45) is 5.14 Å². The number of methoxy groups -OCH3 is 1. The average Bonchev–Trinajstić information content (AvgIpc) is 2.59. The van der Waals surface area contributed by atoms with E-state index < -0.39 is 36.7 Å². The van der Waals surface area contributed by atoms with Crippen molar-refractivity contribution in [2.45, 2.75) is 11.3 Å². The van der Waals surface area contributed by atoms with E-state index >= 15 is 0 Å². The van der Waals surface area contributed by atoms with Crippen LogP contribution in [0.15, 0.2) is 41.3 Å². The number of benzene rings is 2. The molecule has 152 valence electrons. The first kappa shape index (κ1) is 22.0. The molecule has 0 heterocycles. The Morgan fingerprint density at radius 1 is 1.18 bits per heavy atom. The standard InChI is InChI=1S/C16H17ClN2O7S2/c1-26-14-9-12(17)4-2-10(14)6-7-27(22,23)19-13-5-3-11(16(20)21)8-15(13)28(18,24)25/h2-5,8-9,19H,6-7H2,1H3,(H,20,21)(H2,18,24,25). The van der Waals surface area contributed by atoms with Crippen LogP contribution < -0.4 is 14.6 Å². The fourth-order valence-corrected chi connectivity index (χ4v) is 4.41.